The highest BCUT2D eigenvalue weighted by Gasteiger charge is 2.13. The summed E-state index contributed by atoms with van der Waals surface area (Å²) in [6.07, 6.45) is 0. The first-order chi connectivity index (χ1) is 9.74. The van der Waals surface area contributed by atoms with E-state index in [0.29, 0.717) is 11.4 Å². The zero-order chi connectivity index (χ0) is 16.6. The number of aliphatic imine (C=N–C) groups is 2. The van der Waals surface area contributed by atoms with Crippen molar-refractivity contribution in [3.8, 4) is 0 Å². The number of carbonyl (C=O) groups excluding carboxylic acids is 2. The lowest BCUT2D eigenvalue weighted by atomic mass is 10.1. The summed E-state index contributed by atoms with van der Waals surface area (Å²) in [6, 6.07) is -0.303. The van der Waals surface area contributed by atoms with Crippen LogP contribution in [0.25, 0.3) is 0 Å². The lowest BCUT2D eigenvalue weighted by Crippen LogP contribution is -2.23. The number of rotatable bonds is 7. The van der Waals surface area contributed by atoms with Crippen LogP contribution in [-0.4, -0.2) is 57.4 Å². The van der Waals surface area contributed by atoms with E-state index in [1.807, 2.05) is 0 Å². The van der Waals surface area contributed by atoms with Gasteiger partial charge in [0.25, 0.3) is 0 Å². The van der Waals surface area contributed by atoms with Crippen molar-refractivity contribution in [2.75, 3.05) is 6.54 Å². The average molecular weight is 296 g/mol. The molecule has 8 nitrogen and oxygen atoms in total. The van der Waals surface area contributed by atoms with Crippen molar-refractivity contribution in [2.24, 2.45) is 20.3 Å². The SMILES string of the molecule is CC(=O)C(=NO)C(C)=NCC(C)N=C(C)C(=NO)C(C)=O. The molecule has 0 amide bonds. The Hall–Kier alpha value is -2.38. The quantitative estimate of drug-likeness (QED) is 0.415. The molecule has 1 atom stereocenters. The second kappa shape index (κ2) is 8.72. The minimum atomic E-state index is -0.392. The van der Waals surface area contributed by atoms with E-state index < -0.39 is 11.6 Å². The molecule has 116 valence electrons. The van der Waals surface area contributed by atoms with Gasteiger partial charge in [0.2, 0.25) is 0 Å². The summed E-state index contributed by atoms with van der Waals surface area (Å²) >= 11 is 0. The molecule has 0 aliphatic rings. The van der Waals surface area contributed by atoms with E-state index in [2.05, 4.69) is 20.3 Å². The van der Waals surface area contributed by atoms with Gasteiger partial charge in [-0.1, -0.05) is 10.3 Å². The van der Waals surface area contributed by atoms with Gasteiger partial charge in [-0.15, -0.1) is 0 Å². The van der Waals surface area contributed by atoms with Crippen LogP contribution in [0.3, 0.4) is 0 Å². The van der Waals surface area contributed by atoms with Crippen molar-refractivity contribution < 1.29 is 20.0 Å². The number of hydrogen-bond donors (Lipinski definition) is 2. The molecule has 0 saturated heterocycles. The number of ketones is 2. The summed E-state index contributed by atoms with van der Waals surface area (Å²) in [7, 11) is 0. The molecule has 0 radical (unpaired) electrons. The summed E-state index contributed by atoms with van der Waals surface area (Å²) in [4.78, 5) is 30.6. The Morgan fingerprint density at radius 2 is 1.33 bits per heavy atom. The fourth-order valence-electron chi connectivity index (χ4n) is 1.57. The third-order valence-corrected chi connectivity index (χ3v) is 2.56. The summed E-state index contributed by atoms with van der Waals surface area (Å²) in [5.74, 6) is -0.783. The van der Waals surface area contributed by atoms with E-state index in [1.54, 1.807) is 20.8 Å². The van der Waals surface area contributed by atoms with Crippen LogP contribution in [0.5, 0.6) is 0 Å². The molecule has 8 heteroatoms. The Morgan fingerprint density at radius 1 is 0.905 bits per heavy atom. The molecule has 0 fully saturated rings. The monoisotopic (exact) mass is 296 g/mol. The van der Waals surface area contributed by atoms with Crippen LogP contribution >= 0.6 is 0 Å². The van der Waals surface area contributed by atoms with Crippen molar-refractivity contribution in [1.82, 2.24) is 0 Å². The van der Waals surface area contributed by atoms with Crippen molar-refractivity contribution in [3.05, 3.63) is 0 Å². The maximum absolute atomic E-state index is 11.2. The number of oxime groups is 2. The van der Waals surface area contributed by atoms with Gasteiger partial charge in [-0.3, -0.25) is 19.6 Å². The van der Waals surface area contributed by atoms with Crippen LogP contribution < -0.4 is 0 Å². The molecule has 2 N–H and O–H groups in total. The van der Waals surface area contributed by atoms with Crippen LogP contribution in [0.1, 0.15) is 34.6 Å². The summed E-state index contributed by atoms with van der Waals surface area (Å²) in [5, 5.41) is 23.3. The smallest absolute Gasteiger partial charge is 0.183 e. The molecule has 21 heavy (non-hydrogen) atoms. The summed E-state index contributed by atoms with van der Waals surface area (Å²) in [5.41, 5.74) is 0.383. The third kappa shape index (κ3) is 6.07. The van der Waals surface area contributed by atoms with E-state index in [1.165, 1.54) is 13.8 Å². The van der Waals surface area contributed by atoms with Crippen molar-refractivity contribution in [2.45, 2.75) is 40.7 Å². The van der Waals surface area contributed by atoms with Gasteiger partial charge >= 0.3 is 0 Å². The molecule has 1 unspecified atom stereocenters. The maximum Gasteiger partial charge on any atom is 0.183 e. The summed E-state index contributed by atoms with van der Waals surface area (Å²) < 4.78 is 0. The predicted octanol–water partition coefficient (Wildman–Crippen LogP) is 1.14. The molecule has 0 aromatic heterocycles. The standard InChI is InChI=1S/C13H20N4O4/c1-7(15-9(3)13(17-21)11(5)19)6-14-8(2)12(16-20)10(4)18/h7,20-21H,6H2,1-5H3. The molecule has 0 aromatic carbocycles. The number of hydrogen-bond acceptors (Lipinski definition) is 8. The fraction of sp³-hybridized carbons (Fsp3) is 0.538. The van der Waals surface area contributed by atoms with Gasteiger partial charge in [0.15, 0.2) is 23.0 Å². The molecule has 0 spiro atoms. The first kappa shape index (κ1) is 18.6. The molecular weight excluding hydrogens is 276 g/mol. The zero-order valence-electron chi connectivity index (χ0n) is 12.8. The fourth-order valence-corrected chi connectivity index (χ4v) is 1.57. The van der Waals surface area contributed by atoms with Crippen LogP contribution in [-0.2, 0) is 9.59 Å². The first-order valence-corrected chi connectivity index (χ1v) is 6.26. The van der Waals surface area contributed by atoms with Gasteiger partial charge in [-0.25, -0.2) is 0 Å². The van der Waals surface area contributed by atoms with Crippen molar-refractivity contribution in [1.29, 1.82) is 0 Å². The molecule has 0 aromatic rings. The van der Waals surface area contributed by atoms with Crippen molar-refractivity contribution in [3.63, 3.8) is 0 Å². The predicted molar refractivity (Wildman–Crippen MR) is 80.4 cm³/mol. The highest BCUT2D eigenvalue weighted by molar-refractivity contribution is 6.67. The second-order valence-electron chi connectivity index (χ2n) is 4.50. The van der Waals surface area contributed by atoms with Gasteiger partial charge in [0.05, 0.1) is 24.0 Å². The van der Waals surface area contributed by atoms with Gasteiger partial charge in [-0.2, -0.15) is 0 Å². The zero-order valence-corrected chi connectivity index (χ0v) is 12.8. The normalized spacial score (nSPS) is 15.9. The highest BCUT2D eigenvalue weighted by Crippen LogP contribution is 1.97. The Bertz CT molecular complexity index is 532. The Kier molecular flexibility index (Phi) is 7.74. The highest BCUT2D eigenvalue weighted by atomic mass is 16.4. The minimum absolute atomic E-state index is 0.107. The van der Waals surface area contributed by atoms with Gasteiger partial charge < -0.3 is 10.4 Å². The summed E-state index contributed by atoms with van der Waals surface area (Å²) in [6.45, 7) is 7.63. The molecule has 0 aliphatic carbocycles. The van der Waals surface area contributed by atoms with Crippen LogP contribution in [0.4, 0.5) is 0 Å². The van der Waals surface area contributed by atoms with E-state index in [4.69, 9.17) is 10.4 Å². The van der Waals surface area contributed by atoms with Gasteiger partial charge in [-0.05, 0) is 20.8 Å². The Morgan fingerprint density at radius 3 is 1.71 bits per heavy atom. The number of Topliss-reactive ketones (excluding diaryl/α,β-unsaturated/α-hetero) is 2. The van der Waals surface area contributed by atoms with E-state index in [-0.39, 0.29) is 24.0 Å². The largest absolute Gasteiger partial charge is 0.410 e. The van der Waals surface area contributed by atoms with Crippen LogP contribution in [0.2, 0.25) is 0 Å². The minimum Gasteiger partial charge on any atom is -0.410 e. The number of nitrogens with zero attached hydrogens (tertiary/aromatic N) is 4. The Labute approximate surface area is 123 Å². The third-order valence-electron chi connectivity index (χ3n) is 2.56. The average Bonchev–Trinajstić information content (AvgIpc) is 2.36. The van der Waals surface area contributed by atoms with E-state index >= 15 is 0 Å². The van der Waals surface area contributed by atoms with Gasteiger partial charge in [0.1, 0.15) is 0 Å². The first-order valence-electron chi connectivity index (χ1n) is 6.26. The van der Waals surface area contributed by atoms with Crippen LogP contribution in [0.15, 0.2) is 20.3 Å². The molecule has 0 saturated carbocycles. The molecule has 0 bridgehead atoms. The second-order valence-corrected chi connectivity index (χ2v) is 4.50. The van der Waals surface area contributed by atoms with Crippen LogP contribution in [0, 0.1) is 0 Å². The van der Waals surface area contributed by atoms with Crippen molar-refractivity contribution >= 4 is 34.4 Å². The molecule has 0 rings (SSSR count). The lowest BCUT2D eigenvalue weighted by molar-refractivity contribution is -0.111. The topological polar surface area (TPSA) is 124 Å². The Balaban J connectivity index is 4.97. The molecular formula is C13H20N4O4. The van der Waals surface area contributed by atoms with E-state index in [0.717, 1.165) is 0 Å². The lowest BCUT2D eigenvalue weighted by Gasteiger charge is -2.07. The van der Waals surface area contributed by atoms with Gasteiger partial charge in [0, 0.05) is 13.8 Å². The maximum atomic E-state index is 11.2. The molecule has 0 aliphatic heterocycles. The molecule has 0 heterocycles. The number of carbonyl (C=O) groups is 2. The van der Waals surface area contributed by atoms with E-state index in [9.17, 15) is 9.59 Å².